The third-order valence-corrected chi connectivity index (χ3v) is 3.93. The molecule has 0 fully saturated rings. The van der Waals surface area contributed by atoms with Crippen molar-refractivity contribution >= 4 is 17.5 Å². The number of aryl methyl sites for hydroxylation is 1. The van der Waals surface area contributed by atoms with Crippen molar-refractivity contribution in [2.24, 2.45) is 13.0 Å². The van der Waals surface area contributed by atoms with Crippen LogP contribution in [0.15, 0.2) is 30.5 Å². The maximum Gasteiger partial charge on any atom is 0.313 e. The fourth-order valence-electron chi connectivity index (χ4n) is 2.49. The Kier molecular flexibility index (Phi) is 5.84. The normalized spacial score (nSPS) is 12.1. The van der Waals surface area contributed by atoms with Gasteiger partial charge in [0, 0.05) is 31.4 Å². The van der Waals surface area contributed by atoms with Crippen LogP contribution >= 0.6 is 0 Å². The van der Waals surface area contributed by atoms with Crippen molar-refractivity contribution < 1.29 is 18.4 Å². The number of anilines is 1. The van der Waals surface area contributed by atoms with Gasteiger partial charge in [0.15, 0.2) is 11.6 Å². The molecule has 0 radical (unpaired) electrons. The number of carbonyl (C=O) groups excluding carboxylic acids is 2. The van der Waals surface area contributed by atoms with Crippen LogP contribution < -0.4 is 10.6 Å². The highest BCUT2D eigenvalue weighted by atomic mass is 19.2. The van der Waals surface area contributed by atoms with E-state index in [9.17, 15) is 18.4 Å². The first-order valence-electron chi connectivity index (χ1n) is 7.82. The Bertz CT molecular complexity index is 774. The van der Waals surface area contributed by atoms with Gasteiger partial charge in [-0.05, 0) is 24.1 Å². The number of nitrogens with zero attached hydrogens (tertiary/aromatic N) is 2. The van der Waals surface area contributed by atoms with Gasteiger partial charge in [0.25, 0.3) is 0 Å². The van der Waals surface area contributed by atoms with Crippen LogP contribution in [0.3, 0.4) is 0 Å². The highest BCUT2D eigenvalue weighted by Gasteiger charge is 2.22. The molecular formula is C17H20F2N4O2. The molecule has 1 atom stereocenters. The molecule has 0 spiro atoms. The highest BCUT2D eigenvalue weighted by molar-refractivity contribution is 6.39. The molecule has 0 aliphatic rings. The summed E-state index contributed by atoms with van der Waals surface area (Å²) in [7, 11) is 1.80. The summed E-state index contributed by atoms with van der Waals surface area (Å²) in [6, 6.07) is 5.19. The third kappa shape index (κ3) is 4.40. The van der Waals surface area contributed by atoms with E-state index in [0.717, 1.165) is 11.8 Å². The monoisotopic (exact) mass is 350 g/mol. The number of benzene rings is 1. The molecule has 1 aromatic heterocycles. The highest BCUT2D eigenvalue weighted by Crippen LogP contribution is 2.23. The minimum Gasteiger partial charge on any atom is -0.347 e. The predicted molar refractivity (Wildman–Crippen MR) is 88.8 cm³/mol. The van der Waals surface area contributed by atoms with Gasteiger partial charge in [-0.2, -0.15) is 5.10 Å². The number of aromatic nitrogens is 2. The predicted octanol–water partition coefficient (Wildman–Crippen LogP) is 2.19. The second-order valence-electron chi connectivity index (χ2n) is 6.00. The van der Waals surface area contributed by atoms with Crippen LogP contribution in [-0.4, -0.2) is 28.1 Å². The fourth-order valence-corrected chi connectivity index (χ4v) is 2.49. The Balaban J connectivity index is 2.00. The summed E-state index contributed by atoms with van der Waals surface area (Å²) in [6.07, 6.45) is 1.66. The summed E-state index contributed by atoms with van der Waals surface area (Å²) < 4.78 is 28.4. The lowest BCUT2D eigenvalue weighted by molar-refractivity contribution is -0.136. The van der Waals surface area contributed by atoms with Crippen LogP contribution in [0.5, 0.6) is 0 Å². The number of rotatable bonds is 5. The second-order valence-corrected chi connectivity index (χ2v) is 6.00. The molecule has 6 nitrogen and oxygen atoms in total. The smallest absolute Gasteiger partial charge is 0.313 e. The summed E-state index contributed by atoms with van der Waals surface area (Å²) in [5, 5.41) is 8.70. The lowest BCUT2D eigenvalue weighted by Crippen LogP contribution is -2.39. The molecule has 25 heavy (non-hydrogen) atoms. The van der Waals surface area contributed by atoms with Crippen LogP contribution in [0, 0.1) is 17.6 Å². The molecule has 8 heteroatoms. The molecule has 1 heterocycles. The van der Waals surface area contributed by atoms with E-state index < -0.39 is 23.4 Å². The summed E-state index contributed by atoms with van der Waals surface area (Å²) in [4.78, 5) is 23.8. The van der Waals surface area contributed by atoms with Crippen LogP contribution in [0.1, 0.15) is 25.5 Å². The van der Waals surface area contributed by atoms with Crippen LogP contribution in [0.2, 0.25) is 0 Å². The number of carbonyl (C=O) groups is 2. The number of amides is 2. The van der Waals surface area contributed by atoms with Gasteiger partial charge in [-0.3, -0.25) is 14.3 Å². The van der Waals surface area contributed by atoms with Crippen molar-refractivity contribution in [1.29, 1.82) is 0 Å². The number of halogens is 2. The zero-order valence-corrected chi connectivity index (χ0v) is 14.2. The minimum absolute atomic E-state index is 0.0462. The molecular weight excluding hydrogens is 330 g/mol. The quantitative estimate of drug-likeness (QED) is 0.812. The van der Waals surface area contributed by atoms with E-state index in [1.807, 2.05) is 19.9 Å². The van der Waals surface area contributed by atoms with E-state index in [4.69, 9.17) is 0 Å². The summed E-state index contributed by atoms with van der Waals surface area (Å²) >= 11 is 0. The zero-order valence-electron chi connectivity index (χ0n) is 14.2. The van der Waals surface area contributed by atoms with Crippen molar-refractivity contribution in [2.75, 3.05) is 11.9 Å². The zero-order chi connectivity index (χ0) is 18.6. The van der Waals surface area contributed by atoms with Crippen molar-refractivity contribution in [3.05, 3.63) is 47.8 Å². The van der Waals surface area contributed by atoms with Crippen molar-refractivity contribution in [1.82, 2.24) is 15.1 Å². The van der Waals surface area contributed by atoms with Crippen LogP contribution in [-0.2, 0) is 16.6 Å². The molecule has 134 valence electrons. The molecule has 2 amide bonds. The van der Waals surface area contributed by atoms with Gasteiger partial charge >= 0.3 is 11.8 Å². The maximum absolute atomic E-state index is 13.5. The Morgan fingerprint density at radius 2 is 1.92 bits per heavy atom. The standard InChI is InChI=1S/C17H20F2N4O2/c1-10(2)11(14-7-8-21-23(14)3)9-20-16(24)17(25)22-13-6-4-5-12(18)15(13)19/h4-8,10-11H,9H2,1-3H3,(H,20,24)(H,22,25). The third-order valence-electron chi connectivity index (χ3n) is 3.93. The molecule has 1 unspecified atom stereocenters. The van der Waals surface area contributed by atoms with Gasteiger partial charge in [-0.25, -0.2) is 8.78 Å². The van der Waals surface area contributed by atoms with Gasteiger partial charge < -0.3 is 10.6 Å². The van der Waals surface area contributed by atoms with E-state index >= 15 is 0 Å². The lowest BCUT2D eigenvalue weighted by atomic mass is 9.92. The van der Waals surface area contributed by atoms with E-state index in [2.05, 4.69) is 15.7 Å². The topological polar surface area (TPSA) is 76.0 Å². The SMILES string of the molecule is CC(C)C(CNC(=O)C(=O)Nc1cccc(F)c1F)c1ccnn1C. The van der Waals surface area contributed by atoms with Gasteiger partial charge in [0.2, 0.25) is 0 Å². The van der Waals surface area contributed by atoms with Gasteiger partial charge in [0.1, 0.15) is 0 Å². The van der Waals surface area contributed by atoms with Gasteiger partial charge in [0.05, 0.1) is 5.69 Å². The molecule has 0 bridgehead atoms. The molecule has 2 aromatic rings. The molecule has 0 saturated carbocycles. The van der Waals surface area contributed by atoms with Crippen molar-refractivity contribution in [3.8, 4) is 0 Å². The summed E-state index contributed by atoms with van der Waals surface area (Å²) in [5.74, 6) is -4.14. The first-order valence-corrected chi connectivity index (χ1v) is 7.82. The van der Waals surface area contributed by atoms with Crippen LogP contribution in [0.4, 0.5) is 14.5 Å². The lowest BCUT2D eigenvalue weighted by Gasteiger charge is -2.21. The first kappa shape index (κ1) is 18.6. The Morgan fingerprint density at radius 1 is 1.20 bits per heavy atom. The molecule has 0 aliphatic heterocycles. The summed E-state index contributed by atoms with van der Waals surface area (Å²) in [6.45, 7) is 4.20. The average Bonchev–Trinajstić information content (AvgIpc) is 2.97. The summed E-state index contributed by atoms with van der Waals surface area (Å²) in [5.41, 5.74) is 0.541. The number of nitrogens with one attached hydrogen (secondary N) is 2. The van der Waals surface area contributed by atoms with E-state index in [0.29, 0.717) is 0 Å². The Morgan fingerprint density at radius 3 is 2.52 bits per heavy atom. The number of hydrogen-bond donors (Lipinski definition) is 2. The molecule has 1 aromatic carbocycles. The maximum atomic E-state index is 13.5. The van der Waals surface area contributed by atoms with Crippen LogP contribution in [0.25, 0.3) is 0 Å². The average molecular weight is 350 g/mol. The van der Waals surface area contributed by atoms with Crippen molar-refractivity contribution in [2.45, 2.75) is 19.8 Å². The molecule has 0 saturated heterocycles. The van der Waals surface area contributed by atoms with Gasteiger partial charge in [-0.1, -0.05) is 19.9 Å². The second kappa shape index (κ2) is 7.87. The van der Waals surface area contributed by atoms with Gasteiger partial charge in [-0.15, -0.1) is 0 Å². The number of hydrogen-bond acceptors (Lipinski definition) is 3. The minimum atomic E-state index is -1.21. The molecule has 2 rings (SSSR count). The Hall–Kier alpha value is -2.77. The van der Waals surface area contributed by atoms with E-state index in [-0.39, 0.29) is 24.1 Å². The van der Waals surface area contributed by atoms with E-state index in [1.165, 1.54) is 12.1 Å². The molecule has 2 N–H and O–H groups in total. The Labute approximate surface area is 144 Å². The van der Waals surface area contributed by atoms with Crippen molar-refractivity contribution in [3.63, 3.8) is 0 Å². The molecule has 0 aliphatic carbocycles. The first-order chi connectivity index (χ1) is 11.8. The fraction of sp³-hybridized carbons (Fsp3) is 0.353. The largest absolute Gasteiger partial charge is 0.347 e. The van der Waals surface area contributed by atoms with E-state index in [1.54, 1.807) is 17.9 Å².